The average Bonchev–Trinajstić information content (AvgIpc) is 2.34. The lowest BCUT2D eigenvalue weighted by molar-refractivity contribution is 0.482. The molecule has 0 saturated heterocycles. The summed E-state index contributed by atoms with van der Waals surface area (Å²) in [6.07, 6.45) is 0. The molecule has 0 radical (unpaired) electrons. The molecule has 2 N–H and O–H groups in total. The van der Waals surface area contributed by atoms with E-state index in [0.717, 1.165) is 4.47 Å². The fourth-order valence-electron chi connectivity index (χ4n) is 1.39. The van der Waals surface area contributed by atoms with E-state index in [4.69, 9.17) is 27.3 Å². The van der Waals surface area contributed by atoms with Crippen molar-refractivity contribution in [3.8, 4) is 17.6 Å². The molecule has 0 amide bonds. The molecule has 0 aliphatic heterocycles. The number of ether oxygens (including phenoxy) is 1. The van der Waals surface area contributed by atoms with Crippen LogP contribution in [0.1, 0.15) is 5.56 Å². The van der Waals surface area contributed by atoms with Crippen molar-refractivity contribution in [2.75, 3.05) is 5.73 Å². The van der Waals surface area contributed by atoms with E-state index in [-0.39, 0.29) is 0 Å². The lowest BCUT2D eigenvalue weighted by atomic mass is 10.2. The zero-order valence-corrected chi connectivity index (χ0v) is 11.5. The van der Waals surface area contributed by atoms with Crippen LogP contribution in [0.15, 0.2) is 40.9 Å². The molecule has 0 aromatic heterocycles. The number of nitrogens with zero attached hydrogens (tertiary/aromatic N) is 1. The normalized spacial score (nSPS) is 9.83. The Morgan fingerprint density at radius 3 is 2.50 bits per heavy atom. The Morgan fingerprint density at radius 1 is 1.17 bits per heavy atom. The highest BCUT2D eigenvalue weighted by atomic mass is 79.9. The minimum atomic E-state index is 0.413. The molecular weight excluding hydrogens is 316 g/mol. The summed E-state index contributed by atoms with van der Waals surface area (Å²) in [4.78, 5) is 0. The Kier molecular flexibility index (Phi) is 3.75. The fraction of sp³-hybridized carbons (Fsp3) is 0. The first-order valence-electron chi connectivity index (χ1n) is 5.02. The Morgan fingerprint density at radius 2 is 1.89 bits per heavy atom. The molecule has 0 atom stereocenters. The zero-order chi connectivity index (χ0) is 13.1. The van der Waals surface area contributed by atoms with Crippen LogP contribution in [0, 0.1) is 11.3 Å². The summed E-state index contributed by atoms with van der Waals surface area (Å²) in [5.74, 6) is 1.10. The van der Waals surface area contributed by atoms with Gasteiger partial charge >= 0.3 is 0 Å². The minimum Gasteiger partial charge on any atom is -0.454 e. The Hall–Kier alpha value is -1.70. The molecule has 2 aromatic rings. The van der Waals surface area contributed by atoms with Gasteiger partial charge in [-0.25, -0.2) is 0 Å². The van der Waals surface area contributed by atoms with Crippen molar-refractivity contribution >= 4 is 33.2 Å². The van der Waals surface area contributed by atoms with Gasteiger partial charge in [0, 0.05) is 5.02 Å². The molecule has 0 aliphatic rings. The number of halogens is 2. The second-order valence-corrected chi connectivity index (χ2v) is 4.83. The maximum atomic E-state index is 8.75. The van der Waals surface area contributed by atoms with E-state index in [1.807, 2.05) is 6.07 Å². The van der Waals surface area contributed by atoms with Crippen LogP contribution in [0.3, 0.4) is 0 Å². The maximum absolute atomic E-state index is 8.75. The van der Waals surface area contributed by atoms with Crippen molar-refractivity contribution in [1.82, 2.24) is 0 Å². The summed E-state index contributed by atoms with van der Waals surface area (Å²) in [6, 6.07) is 12.1. The third-order valence-corrected chi connectivity index (χ3v) is 3.11. The van der Waals surface area contributed by atoms with E-state index in [1.165, 1.54) is 0 Å². The monoisotopic (exact) mass is 322 g/mol. The number of anilines is 1. The predicted octanol–water partition coefficient (Wildman–Crippen LogP) is 4.35. The van der Waals surface area contributed by atoms with Gasteiger partial charge in [0.1, 0.15) is 11.5 Å². The Balaban J connectivity index is 2.32. The van der Waals surface area contributed by atoms with Crippen LogP contribution in [0.4, 0.5) is 5.69 Å². The molecule has 3 nitrogen and oxygen atoms in total. The van der Waals surface area contributed by atoms with Crippen molar-refractivity contribution in [1.29, 1.82) is 5.26 Å². The van der Waals surface area contributed by atoms with Gasteiger partial charge in [0.25, 0.3) is 0 Å². The summed E-state index contributed by atoms with van der Waals surface area (Å²) in [5.41, 5.74) is 6.72. The Bertz CT molecular complexity index is 637. The van der Waals surface area contributed by atoms with Crippen molar-refractivity contribution < 1.29 is 4.74 Å². The minimum absolute atomic E-state index is 0.413. The first kappa shape index (κ1) is 12.7. The average molecular weight is 324 g/mol. The molecule has 5 heteroatoms. The van der Waals surface area contributed by atoms with Gasteiger partial charge in [0.05, 0.1) is 21.8 Å². The number of nitrogens with two attached hydrogens (primary N) is 1. The van der Waals surface area contributed by atoms with E-state index in [1.54, 1.807) is 36.4 Å². The van der Waals surface area contributed by atoms with Gasteiger partial charge in [-0.2, -0.15) is 5.26 Å². The van der Waals surface area contributed by atoms with Crippen LogP contribution in [0.5, 0.6) is 11.5 Å². The number of hydrogen-bond acceptors (Lipinski definition) is 3. The van der Waals surface area contributed by atoms with Gasteiger partial charge in [-0.15, -0.1) is 0 Å². The van der Waals surface area contributed by atoms with Gasteiger partial charge in [-0.05, 0) is 52.3 Å². The summed E-state index contributed by atoms with van der Waals surface area (Å²) >= 11 is 9.20. The molecule has 0 fully saturated rings. The molecule has 18 heavy (non-hydrogen) atoms. The van der Waals surface area contributed by atoms with E-state index in [2.05, 4.69) is 15.9 Å². The quantitative estimate of drug-likeness (QED) is 0.836. The highest BCUT2D eigenvalue weighted by Gasteiger charge is 2.07. The number of nitrogen functional groups attached to an aromatic ring is 1. The summed E-state index contributed by atoms with van der Waals surface area (Å²) in [7, 11) is 0. The van der Waals surface area contributed by atoms with E-state index in [0.29, 0.717) is 27.8 Å². The predicted molar refractivity (Wildman–Crippen MR) is 74.8 cm³/mol. The first-order valence-corrected chi connectivity index (χ1v) is 6.20. The largest absolute Gasteiger partial charge is 0.454 e. The SMILES string of the molecule is N#Cc1ccc(Oc2ccc(Cl)cc2Br)c(N)c1. The molecule has 0 saturated carbocycles. The topological polar surface area (TPSA) is 59.0 Å². The van der Waals surface area contributed by atoms with Crippen LogP contribution < -0.4 is 10.5 Å². The van der Waals surface area contributed by atoms with Crippen LogP contribution in [-0.2, 0) is 0 Å². The Labute approximate surface area is 118 Å². The number of benzene rings is 2. The molecule has 0 unspecified atom stereocenters. The fourth-order valence-corrected chi connectivity index (χ4v) is 2.15. The molecular formula is C13H8BrClN2O. The van der Waals surface area contributed by atoms with Crippen molar-refractivity contribution in [2.45, 2.75) is 0 Å². The van der Waals surface area contributed by atoms with Crippen molar-refractivity contribution in [3.05, 3.63) is 51.5 Å². The summed E-state index contributed by atoms with van der Waals surface area (Å²) in [5, 5.41) is 9.36. The first-order chi connectivity index (χ1) is 8.60. The molecule has 2 rings (SSSR count). The van der Waals surface area contributed by atoms with E-state index in [9.17, 15) is 0 Å². The van der Waals surface area contributed by atoms with Crippen LogP contribution in [0.25, 0.3) is 0 Å². The van der Waals surface area contributed by atoms with Crippen LogP contribution in [-0.4, -0.2) is 0 Å². The zero-order valence-electron chi connectivity index (χ0n) is 9.15. The van der Waals surface area contributed by atoms with E-state index < -0.39 is 0 Å². The smallest absolute Gasteiger partial charge is 0.150 e. The molecule has 0 heterocycles. The second kappa shape index (κ2) is 5.30. The highest BCUT2D eigenvalue weighted by molar-refractivity contribution is 9.10. The molecule has 0 spiro atoms. The maximum Gasteiger partial charge on any atom is 0.150 e. The van der Waals surface area contributed by atoms with Crippen molar-refractivity contribution in [2.24, 2.45) is 0 Å². The lowest BCUT2D eigenvalue weighted by Crippen LogP contribution is -1.93. The number of hydrogen-bond donors (Lipinski definition) is 1. The second-order valence-electron chi connectivity index (χ2n) is 3.54. The molecule has 90 valence electrons. The lowest BCUT2D eigenvalue weighted by Gasteiger charge is -2.10. The molecule has 0 aliphatic carbocycles. The van der Waals surface area contributed by atoms with Gasteiger partial charge in [0.15, 0.2) is 0 Å². The molecule has 0 bridgehead atoms. The third kappa shape index (κ3) is 2.76. The van der Waals surface area contributed by atoms with Gasteiger partial charge in [-0.3, -0.25) is 0 Å². The van der Waals surface area contributed by atoms with Crippen LogP contribution in [0.2, 0.25) is 5.02 Å². The number of rotatable bonds is 2. The number of nitriles is 1. The van der Waals surface area contributed by atoms with E-state index >= 15 is 0 Å². The summed E-state index contributed by atoms with van der Waals surface area (Å²) < 4.78 is 6.39. The standard InChI is InChI=1S/C13H8BrClN2O/c14-10-6-9(15)2-4-12(10)18-13-3-1-8(7-16)5-11(13)17/h1-6H,17H2. The third-order valence-electron chi connectivity index (χ3n) is 2.25. The molecule has 2 aromatic carbocycles. The highest BCUT2D eigenvalue weighted by Crippen LogP contribution is 2.34. The van der Waals surface area contributed by atoms with Gasteiger partial charge in [0.2, 0.25) is 0 Å². The van der Waals surface area contributed by atoms with Gasteiger partial charge in [-0.1, -0.05) is 11.6 Å². The van der Waals surface area contributed by atoms with Crippen LogP contribution >= 0.6 is 27.5 Å². The van der Waals surface area contributed by atoms with Gasteiger partial charge < -0.3 is 10.5 Å². The van der Waals surface area contributed by atoms with Crippen molar-refractivity contribution in [3.63, 3.8) is 0 Å². The summed E-state index contributed by atoms with van der Waals surface area (Å²) in [6.45, 7) is 0.